The first-order chi connectivity index (χ1) is 12.0. The van der Waals surface area contributed by atoms with Crippen LogP contribution in [-0.2, 0) is 17.8 Å². The number of nitrogens with zero attached hydrogens (tertiary/aromatic N) is 1. The molecule has 2 heterocycles. The summed E-state index contributed by atoms with van der Waals surface area (Å²) < 4.78 is 24.7. The highest BCUT2D eigenvalue weighted by atomic mass is 35.5. The van der Waals surface area contributed by atoms with Crippen LogP contribution in [0, 0.1) is 5.82 Å². The minimum atomic E-state index is -0.659. The largest absolute Gasteiger partial charge is 0.490 e. The molecule has 0 radical (unpaired) electrons. The molecule has 2 aromatic rings. The number of benzene rings is 2. The number of rotatable bonds is 1. The summed E-state index contributed by atoms with van der Waals surface area (Å²) in [6.07, 6.45) is -0.234. The fourth-order valence-corrected chi connectivity index (χ4v) is 3.76. The normalized spacial score (nSPS) is 18.7. The lowest BCUT2D eigenvalue weighted by molar-refractivity contribution is -0.138. The van der Waals surface area contributed by atoms with Crippen molar-refractivity contribution in [1.82, 2.24) is 4.90 Å². The Morgan fingerprint density at radius 2 is 2.04 bits per heavy atom. The molecule has 0 fully saturated rings. The number of fused-ring (bicyclic) bond motifs is 2. The van der Waals surface area contributed by atoms with E-state index in [0.29, 0.717) is 47.7 Å². The minimum absolute atomic E-state index is 0.163. The van der Waals surface area contributed by atoms with Gasteiger partial charge in [0, 0.05) is 29.6 Å². The summed E-state index contributed by atoms with van der Waals surface area (Å²) in [5, 5.41) is 0.915. The average Bonchev–Trinajstić information content (AvgIpc) is 2.85. The minimum Gasteiger partial charge on any atom is -0.490 e. The van der Waals surface area contributed by atoms with Crippen molar-refractivity contribution in [2.45, 2.75) is 19.1 Å². The van der Waals surface area contributed by atoms with Crippen LogP contribution in [0.5, 0.6) is 11.5 Å². The van der Waals surface area contributed by atoms with Crippen LogP contribution >= 0.6 is 23.2 Å². The highest BCUT2D eigenvalue weighted by Gasteiger charge is 2.34. The summed E-state index contributed by atoms with van der Waals surface area (Å²) in [5.41, 5.74) is 1.59. The Hall–Kier alpha value is -1.98. The van der Waals surface area contributed by atoms with E-state index in [9.17, 15) is 9.18 Å². The number of hydrogen-bond donors (Lipinski definition) is 0. The first-order valence-corrected chi connectivity index (χ1v) is 8.61. The second kappa shape index (κ2) is 6.39. The van der Waals surface area contributed by atoms with Crippen molar-refractivity contribution >= 4 is 29.1 Å². The quantitative estimate of drug-likeness (QED) is 0.752. The number of ether oxygens (including phenoxy) is 2. The van der Waals surface area contributed by atoms with E-state index in [1.807, 2.05) is 0 Å². The molecule has 2 aliphatic heterocycles. The lowest BCUT2D eigenvalue weighted by atomic mass is 10.1. The van der Waals surface area contributed by atoms with Gasteiger partial charge in [-0.05, 0) is 23.8 Å². The van der Waals surface area contributed by atoms with E-state index in [0.717, 1.165) is 11.1 Å². The molecule has 4 rings (SSSR count). The van der Waals surface area contributed by atoms with Crippen LogP contribution in [0.3, 0.4) is 0 Å². The van der Waals surface area contributed by atoms with Gasteiger partial charge in [-0.25, -0.2) is 4.39 Å². The Labute approximate surface area is 154 Å². The molecule has 0 aromatic heterocycles. The van der Waals surface area contributed by atoms with Crippen molar-refractivity contribution < 1.29 is 18.7 Å². The van der Waals surface area contributed by atoms with Crippen LogP contribution in [0.15, 0.2) is 30.3 Å². The Kier molecular flexibility index (Phi) is 4.21. The van der Waals surface area contributed by atoms with Gasteiger partial charge in [0.1, 0.15) is 23.9 Å². The molecule has 1 amide bonds. The SMILES string of the molecule is O=C(C1Cc2ccc(F)cc2O1)N1CCOc2c(Cl)cc(Cl)cc2C1. The van der Waals surface area contributed by atoms with Gasteiger partial charge in [-0.1, -0.05) is 29.3 Å². The molecule has 4 nitrogen and oxygen atoms in total. The van der Waals surface area contributed by atoms with E-state index in [4.69, 9.17) is 32.7 Å². The van der Waals surface area contributed by atoms with E-state index >= 15 is 0 Å². The number of amides is 1. The van der Waals surface area contributed by atoms with Gasteiger partial charge in [-0.15, -0.1) is 0 Å². The molecule has 0 bridgehead atoms. The Bertz CT molecular complexity index is 858. The molecule has 1 unspecified atom stereocenters. The van der Waals surface area contributed by atoms with Crippen molar-refractivity contribution in [2.24, 2.45) is 0 Å². The highest BCUT2D eigenvalue weighted by Crippen LogP contribution is 2.35. The average molecular weight is 382 g/mol. The molecule has 2 aromatic carbocycles. The Balaban J connectivity index is 1.55. The van der Waals surface area contributed by atoms with Gasteiger partial charge in [-0.3, -0.25) is 4.79 Å². The van der Waals surface area contributed by atoms with Gasteiger partial charge in [0.25, 0.3) is 5.91 Å². The van der Waals surface area contributed by atoms with Gasteiger partial charge < -0.3 is 14.4 Å². The maximum atomic E-state index is 13.3. The first kappa shape index (κ1) is 16.5. The van der Waals surface area contributed by atoms with Crippen LogP contribution in [0.1, 0.15) is 11.1 Å². The molecule has 0 aliphatic carbocycles. The first-order valence-electron chi connectivity index (χ1n) is 7.86. The summed E-state index contributed by atoms with van der Waals surface area (Å²) in [5.74, 6) is 0.437. The molecule has 25 heavy (non-hydrogen) atoms. The molecule has 0 saturated carbocycles. The molecule has 1 atom stereocenters. The zero-order valence-corrected chi connectivity index (χ0v) is 14.6. The summed E-state index contributed by atoms with van der Waals surface area (Å²) in [6, 6.07) is 7.69. The van der Waals surface area contributed by atoms with Crippen molar-refractivity contribution in [3.8, 4) is 11.5 Å². The Morgan fingerprint density at radius 1 is 1.20 bits per heavy atom. The molecule has 7 heteroatoms. The maximum Gasteiger partial charge on any atom is 0.264 e. The van der Waals surface area contributed by atoms with Crippen molar-refractivity contribution in [3.63, 3.8) is 0 Å². The van der Waals surface area contributed by atoms with E-state index < -0.39 is 6.10 Å². The van der Waals surface area contributed by atoms with Crippen LogP contribution in [-0.4, -0.2) is 30.1 Å². The molecule has 0 spiro atoms. The lowest BCUT2D eigenvalue weighted by Crippen LogP contribution is -2.42. The zero-order valence-electron chi connectivity index (χ0n) is 13.1. The molecule has 2 aliphatic rings. The van der Waals surface area contributed by atoms with Gasteiger partial charge in [0.05, 0.1) is 11.6 Å². The molecule has 0 saturated heterocycles. The van der Waals surface area contributed by atoms with Crippen LogP contribution in [0.4, 0.5) is 4.39 Å². The maximum absolute atomic E-state index is 13.3. The van der Waals surface area contributed by atoms with Gasteiger partial charge in [-0.2, -0.15) is 0 Å². The molecule has 130 valence electrons. The predicted octanol–water partition coefficient (Wildman–Crippen LogP) is 3.86. The summed E-state index contributed by atoms with van der Waals surface area (Å²) in [4.78, 5) is 14.5. The van der Waals surface area contributed by atoms with Gasteiger partial charge in [0.2, 0.25) is 0 Å². The second-order valence-electron chi connectivity index (χ2n) is 6.05. The molecular weight excluding hydrogens is 368 g/mol. The van der Waals surface area contributed by atoms with E-state index in [1.54, 1.807) is 23.1 Å². The van der Waals surface area contributed by atoms with Gasteiger partial charge >= 0.3 is 0 Å². The second-order valence-corrected chi connectivity index (χ2v) is 6.89. The standard InChI is InChI=1S/C18H14Cl2FNO3/c19-12-5-11-9-22(3-4-24-17(11)14(20)7-12)18(23)16-6-10-1-2-13(21)8-15(10)25-16/h1-2,5,7-8,16H,3-4,6,9H2. The van der Waals surface area contributed by atoms with Gasteiger partial charge in [0.15, 0.2) is 6.10 Å². The predicted molar refractivity (Wildman–Crippen MR) is 91.9 cm³/mol. The van der Waals surface area contributed by atoms with E-state index in [1.165, 1.54) is 12.1 Å². The summed E-state index contributed by atoms with van der Waals surface area (Å²) in [7, 11) is 0. The summed E-state index contributed by atoms with van der Waals surface area (Å²) in [6.45, 7) is 1.07. The lowest BCUT2D eigenvalue weighted by Gasteiger charge is -2.23. The molecular formula is C18H14Cl2FNO3. The third-order valence-electron chi connectivity index (χ3n) is 4.34. The zero-order chi connectivity index (χ0) is 17.6. The topological polar surface area (TPSA) is 38.8 Å². The number of carbonyl (C=O) groups is 1. The molecule has 0 N–H and O–H groups in total. The fraction of sp³-hybridized carbons (Fsp3) is 0.278. The number of carbonyl (C=O) groups excluding carboxylic acids is 1. The Morgan fingerprint density at radius 3 is 2.88 bits per heavy atom. The smallest absolute Gasteiger partial charge is 0.264 e. The highest BCUT2D eigenvalue weighted by molar-refractivity contribution is 6.35. The fourth-order valence-electron chi connectivity index (χ4n) is 3.17. The van der Waals surface area contributed by atoms with Crippen molar-refractivity contribution in [1.29, 1.82) is 0 Å². The summed E-state index contributed by atoms with van der Waals surface area (Å²) >= 11 is 12.2. The number of halogens is 3. The third-order valence-corrected chi connectivity index (χ3v) is 4.84. The van der Waals surface area contributed by atoms with Crippen LogP contribution in [0.25, 0.3) is 0 Å². The number of hydrogen-bond acceptors (Lipinski definition) is 3. The van der Waals surface area contributed by atoms with Crippen LogP contribution in [0.2, 0.25) is 10.0 Å². The van der Waals surface area contributed by atoms with Crippen molar-refractivity contribution in [3.05, 3.63) is 57.3 Å². The van der Waals surface area contributed by atoms with Crippen molar-refractivity contribution in [2.75, 3.05) is 13.2 Å². The van der Waals surface area contributed by atoms with E-state index in [-0.39, 0.29) is 11.7 Å². The monoisotopic (exact) mass is 381 g/mol. The van der Waals surface area contributed by atoms with Crippen LogP contribution < -0.4 is 9.47 Å². The van der Waals surface area contributed by atoms with E-state index in [2.05, 4.69) is 0 Å². The third kappa shape index (κ3) is 3.14.